The molecule has 4 heterocycles. The van der Waals surface area contributed by atoms with Crippen LogP contribution in [0, 0.1) is 0 Å². The van der Waals surface area contributed by atoms with Crippen molar-refractivity contribution in [2.24, 2.45) is 0 Å². The van der Waals surface area contributed by atoms with Gasteiger partial charge in [-0.05, 0) is 50.1 Å². The number of benzene rings is 1. The number of halogens is 2. The molecule has 0 radical (unpaired) electrons. The van der Waals surface area contributed by atoms with Gasteiger partial charge in [-0.1, -0.05) is 23.2 Å². The Kier molecular flexibility index (Phi) is 7.83. The summed E-state index contributed by atoms with van der Waals surface area (Å²) in [6.07, 6.45) is 3.83. The molecule has 3 aromatic heterocycles. The second kappa shape index (κ2) is 11.2. The summed E-state index contributed by atoms with van der Waals surface area (Å²) >= 11 is 13.1. The minimum atomic E-state index is -0.871. The Morgan fingerprint density at radius 2 is 2.02 bits per heavy atom. The van der Waals surface area contributed by atoms with E-state index in [1.807, 2.05) is 0 Å². The van der Waals surface area contributed by atoms with Crippen LogP contribution >= 0.6 is 23.2 Å². The third-order valence-corrected chi connectivity index (χ3v) is 6.87. The van der Waals surface area contributed by atoms with E-state index in [1.54, 1.807) is 49.7 Å². The van der Waals surface area contributed by atoms with E-state index in [0.717, 1.165) is 39.1 Å². The number of nitrogens with zero attached hydrogens (tertiary/aromatic N) is 5. The van der Waals surface area contributed by atoms with E-state index in [9.17, 15) is 14.4 Å². The van der Waals surface area contributed by atoms with E-state index >= 15 is 0 Å². The van der Waals surface area contributed by atoms with E-state index < -0.39 is 22.9 Å². The highest BCUT2D eigenvalue weighted by Crippen LogP contribution is 2.35. The molecule has 0 saturated carbocycles. The average molecular weight is 587 g/mol. The maximum atomic E-state index is 13.1. The van der Waals surface area contributed by atoms with Crippen LogP contribution < -0.4 is 16.6 Å². The molecule has 1 saturated heterocycles. The summed E-state index contributed by atoms with van der Waals surface area (Å²) in [5, 5.41) is 8.59. The maximum Gasteiger partial charge on any atom is 0.422 e. The number of hydrogen-bond acceptors (Lipinski definition) is 8. The average Bonchev–Trinajstić information content (AvgIpc) is 3.30. The molecule has 1 aromatic carbocycles. The third-order valence-electron chi connectivity index (χ3n) is 6.31. The van der Waals surface area contributed by atoms with Crippen LogP contribution in [0.2, 0.25) is 10.0 Å². The zero-order valence-corrected chi connectivity index (χ0v) is 23.7. The van der Waals surface area contributed by atoms with Gasteiger partial charge in [0.1, 0.15) is 11.9 Å². The predicted molar refractivity (Wildman–Crippen MR) is 150 cm³/mol. The van der Waals surface area contributed by atoms with Gasteiger partial charge in [0, 0.05) is 53.6 Å². The largest absolute Gasteiger partial charge is 0.443 e. The molecular formula is C27H28Cl2N6O5. The second-order valence-corrected chi connectivity index (χ2v) is 11.3. The van der Waals surface area contributed by atoms with Crippen LogP contribution in [0.1, 0.15) is 31.9 Å². The molecule has 1 unspecified atom stereocenters. The highest BCUT2D eigenvalue weighted by Gasteiger charge is 2.23. The first kappa shape index (κ1) is 28.0. The molecule has 1 atom stereocenters. The smallest absolute Gasteiger partial charge is 0.422 e. The van der Waals surface area contributed by atoms with Gasteiger partial charge in [-0.2, -0.15) is 5.10 Å². The quantitative estimate of drug-likeness (QED) is 0.377. The van der Waals surface area contributed by atoms with Crippen molar-refractivity contribution in [3.8, 4) is 11.3 Å². The Morgan fingerprint density at radius 1 is 1.23 bits per heavy atom. The number of hydrogen-bond donors (Lipinski definition) is 1. The maximum absolute atomic E-state index is 13.1. The van der Waals surface area contributed by atoms with E-state index in [0.29, 0.717) is 46.4 Å². The highest BCUT2D eigenvalue weighted by molar-refractivity contribution is 6.35. The summed E-state index contributed by atoms with van der Waals surface area (Å²) in [5.74, 6) is 0. The zero-order chi connectivity index (χ0) is 28.6. The fourth-order valence-electron chi connectivity index (χ4n) is 4.57. The first-order valence-electron chi connectivity index (χ1n) is 12.7. The monoisotopic (exact) mass is 586 g/mol. The number of nitrogens with one attached hydrogen (secondary N) is 1. The van der Waals surface area contributed by atoms with Crippen molar-refractivity contribution < 1.29 is 14.3 Å². The lowest BCUT2D eigenvalue weighted by molar-refractivity contribution is 0.0293. The van der Waals surface area contributed by atoms with Crippen molar-refractivity contribution in [2.75, 3.05) is 19.7 Å². The van der Waals surface area contributed by atoms with E-state index in [2.05, 4.69) is 15.4 Å². The summed E-state index contributed by atoms with van der Waals surface area (Å²) < 4.78 is 14.5. The second-order valence-electron chi connectivity index (χ2n) is 10.5. The molecule has 0 amide bonds. The van der Waals surface area contributed by atoms with Crippen LogP contribution in [0.25, 0.3) is 16.8 Å². The molecule has 4 aromatic rings. The summed E-state index contributed by atoms with van der Waals surface area (Å²) in [5.41, 5.74) is 1.18. The van der Waals surface area contributed by atoms with E-state index in [1.165, 1.54) is 6.33 Å². The lowest BCUT2D eigenvalue weighted by Crippen LogP contribution is -2.43. The van der Waals surface area contributed by atoms with Gasteiger partial charge in [0.15, 0.2) is 0 Å². The van der Waals surface area contributed by atoms with Crippen LogP contribution in [-0.4, -0.2) is 61.2 Å². The first-order valence-corrected chi connectivity index (χ1v) is 13.4. The number of fused-ring (bicyclic) bond motifs is 1. The fraction of sp³-hybridized carbons (Fsp3) is 0.370. The van der Waals surface area contributed by atoms with Crippen molar-refractivity contribution >= 4 is 34.8 Å². The van der Waals surface area contributed by atoms with Crippen LogP contribution in [0.15, 0.2) is 52.6 Å². The molecule has 1 aliphatic rings. The van der Waals surface area contributed by atoms with E-state index in [4.69, 9.17) is 32.7 Å². The Bertz CT molecular complexity index is 1700. The van der Waals surface area contributed by atoms with Crippen molar-refractivity contribution in [3.05, 3.63) is 85.0 Å². The number of aromatic nitrogens is 5. The molecule has 210 valence electrons. The highest BCUT2D eigenvalue weighted by atomic mass is 35.5. The first-order chi connectivity index (χ1) is 19.0. The number of carbonyl (C=O) groups excluding carboxylic acids is 1. The number of rotatable bonds is 5. The zero-order valence-electron chi connectivity index (χ0n) is 22.2. The molecule has 1 fully saturated rings. The molecule has 13 heteroatoms. The summed E-state index contributed by atoms with van der Waals surface area (Å²) in [6.45, 7) is 7.07. The van der Waals surface area contributed by atoms with E-state index in [-0.39, 0.29) is 12.6 Å². The fourth-order valence-corrected chi connectivity index (χ4v) is 5.14. The Labute approximate surface area is 239 Å². The lowest BCUT2D eigenvalue weighted by atomic mass is 9.98. The van der Waals surface area contributed by atoms with Gasteiger partial charge in [0.05, 0.1) is 30.5 Å². The van der Waals surface area contributed by atoms with Crippen LogP contribution in [-0.2, 0) is 22.4 Å². The van der Waals surface area contributed by atoms with Crippen LogP contribution in [0.5, 0.6) is 0 Å². The van der Waals surface area contributed by atoms with Gasteiger partial charge in [0.25, 0.3) is 5.56 Å². The molecule has 0 spiro atoms. The standard InChI is InChI=1S/C27H28Cl2N6O5/c1-27(2,3)40-26(38)33-6-4-23(36)34(25(33)37)13-16-8-22-24(31-15-32-35(22)14-16)20-9-17(28)10-21(29)19(20)11-18-12-30-5-7-39-18/h4,6,8-10,14-15,18,30H,5,7,11-13H2,1-3H3. The molecular weight excluding hydrogens is 559 g/mol. The molecule has 0 bridgehead atoms. The van der Waals surface area contributed by atoms with Gasteiger partial charge in [0.2, 0.25) is 0 Å². The van der Waals surface area contributed by atoms with Gasteiger partial charge >= 0.3 is 11.8 Å². The molecule has 5 rings (SSSR count). The molecule has 1 N–H and O–H groups in total. The summed E-state index contributed by atoms with van der Waals surface area (Å²) in [7, 11) is 0. The van der Waals surface area contributed by atoms with Crippen molar-refractivity contribution in [2.45, 2.75) is 45.4 Å². The third kappa shape index (κ3) is 5.97. The molecule has 1 aliphatic heterocycles. The SMILES string of the molecule is CC(C)(C)OC(=O)n1ccc(=O)n(Cc2cc3c(-c4cc(Cl)cc(Cl)c4CC4CNCCO4)ncnn3c2)c1=O. The van der Waals surface area contributed by atoms with Gasteiger partial charge in [-0.25, -0.2) is 23.7 Å². The molecule has 40 heavy (non-hydrogen) atoms. The number of ether oxygens (including phenoxy) is 2. The van der Waals surface area contributed by atoms with Crippen LogP contribution in [0.3, 0.4) is 0 Å². The predicted octanol–water partition coefficient (Wildman–Crippen LogP) is 3.39. The molecule has 11 nitrogen and oxygen atoms in total. The van der Waals surface area contributed by atoms with Crippen molar-refractivity contribution in [1.29, 1.82) is 0 Å². The minimum absolute atomic E-state index is 0.0662. The Hall–Kier alpha value is -3.51. The minimum Gasteiger partial charge on any atom is -0.443 e. The van der Waals surface area contributed by atoms with Crippen molar-refractivity contribution in [3.63, 3.8) is 0 Å². The topological polar surface area (TPSA) is 122 Å². The summed E-state index contributed by atoms with van der Waals surface area (Å²) in [6, 6.07) is 6.42. The van der Waals surface area contributed by atoms with Crippen molar-refractivity contribution in [1.82, 2.24) is 29.0 Å². The normalized spacial score (nSPS) is 15.9. The Morgan fingerprint density at radius 3 is 2.75 bits per heavy atom. The lowest BCUT2D eigenvalue weighted by Gasteiger charge is -2.25. The number of morpholine rings is 1. The van der Waals surface area contributed by atoms with Gasteiger partial charge < -0.3 is 14.8 Å². The molecule has 0 aliphatic carbocycles. The Balaban J connectivity index is 1.54. The van der Waals surface area contributed by atoms with Crippen LogP contribution in [0.4, 0.5) is 4.79 Å². The van der Waals surface area contributed by atoms with Gasteiger partial charge in [-0.3, -0.25) is 9.36 Å². The summed E-state index contributed by atoms with van der Waals surface area (Å²) in [4.78, 5) is 42.8. The van der Waals surface area contributed by atoms with Gasteiger partial charge in [-0.15, -0.1) is 0 Å². The number of carbonyl (C=O) groups is 1.